The summed E-state index contributed by atoms with van der Waals surface area (Å²) in [4.78, 5) is 0. The number of para-hydroxylation sites is 1. The molecule has 0 radical (unpaired) electrons. The Morgan fingerprint density at radius 2 is 1.03 bits per heavy atom. The van der Waals surface area contributed by atoms with Crippen molar-refractivity contribution in [3.8, 4) is 5.75 Å². The predicted molar refractivity (Wildman–Crippen MR) is 124 cm³/mol. The van der Waals surface area contributed by atoms with Crippen LogP contribution in [0, 0.1) is 16.2 Å². The fourth-order valence-corrected chi connectivity index (χ4v) is 8.07. The van der Waals surface area contributed by atoms with Crippen molar-refractivity contribution < 1.29 is 50.2 Å². The molecule has 0 aliphatic carbocycles. The second-order valence-electron chi connectivity index (χ2n) is 9.75. The van der Waals surface area contributed by atoms with Crippen molar-refractivity contribution in [3.05, 3.63) is 30.3 Å². The number of fused-ring (bicyclic) bond motifs is 6. The minimum atomic E-state index is -1.50. The highest BCUT2D eigenvalue weighted by molar-refractivity contribution is 7.42. The van der Waals surface area contributed by atoms with Crippen LogP contribution in [0.15, 0.2) is 30.3 Å². The average Bonchev–Trinajstić information content (AvgIpc) is 2.93. The lowest BCUT2D eigenvalue weighted by Crippen LogP contribution is -2.50. The molecular weight excluding hydrogens is 521 g/mol. The molecule has 0 unspecified atom stereocenters. The average molecular weight is 550 g/mol. The summed E-state index contributed by atoms with van der Waals surface area (Å²) >= 11 is 0. The molecule has 7 heterocycles. The molecule has 0 aromatic heterocycles. The number of hydrogen-bond acceptors (Lipinski definition) is 11. The molecule has 1 aromatic carbocycles. The first-order chi connectivity index (χ1) is 17.1. The maximum absolute atomic E-state index is 6.21. The van der Waals surface area contributed by atoms with Gasteiger partial charge in [-0.15, -0.1) is 0 Å². The molecule has 0 N–H and O–H groups in total. The molecular formula is C21H29O11P3. The summed E-state index contributed by atoms with van der Waals surface area (Å²) in [5.74, 6) is 0.709. The quantitative estimate of drug-likeness (QED) is 0.396. The maximum atomic E-state index is 6.21. The second-order valence-corrected chi connectivity index (χ2v) is 13.3. The lowest BCUT2D eigenvalue weighted by Gasteiger charge is -2.45. The van der Waals surface area contributed by atoms with Crippen LogP contribution < -0.4 is 4.52 Å². The first kappa shape index (κ1) is 25.2. The van der Waals surface area contributed by atoms with Gasteiger partial charge in [-0.3, -0.25) is 0 Å². The van der Waals surface area contributed by atoms with E-state index in [9.17, 15) is 0 Å². The second kappa shape index (κ2) is 11.0. The Bertz CT molecular complexity index is 758. The van der Waals surface area contributed by atoms with Crippen molar-refractivity contribution >= 4 is 25.8 Å². The molecule has 0 saturated carbocycles. The standard InChI is InChI=1S/C21H29O11P3/c1-2-4-18(5-3-1)32-35-30-10-19(11-31-35,6-22-8-20-12-24-33(25-13-20)26-14-20)7-23-9-21-15-27-34(28-16-21)29-17-21/h1-5H,6-17H2. The molecule has 0 amide bonds. The van der Waals surface area contributed by atoms with Crippen LogP contribution in [-0.4, -0.2) is 79.3 Å². The third-order valence-corrected chi connectivity index (χ3v) is 9.44. The molecule has 35 heavy (non-hydrogen) atoms. The van der Waals surface area contributed by atoms with Gasteiger partial charge in [-0.05, 0) is 12.1 Å². The summed E-state index contributed by atoms with van der Waals surface area (Å²) < 4.78 is 63.9. The Hall–Kier alpha value is -0.0900. The zero-order valence-corrected chi connectivity index (χ0v) is 21.9. The van der Waals surface area contributed by atoms with Gasteiger partial charge in [0.05, 0.1) is 95.5 Å². The highest BCUT2D eigenvalue weighted by atomic mass is 31.2. The lowest BCUT2D eigenvalue weighted by atomic mass is 9.90. The van der Waals surface area contributed by atoms with Crippen LogP contribution >= 0.6 is 25.8 Å². The predicted octanol–water partition coefficient (Wildman–Crippen LogP) is 3.94. The fraction of sp³-hybridized carbons (Fsp3) is 0.714. The monoisotopic (exact) mass is 550 g/mol. The van der Waals surface area contributed by atoms with E-state index in [2.05, 4.69) is 0 Å². The third kappa shape index (κ3) is 5.99. The number of ether oxygens (including phenoxy) is 2. The minimum Gasteiger partial charge on any atom is -0.427 e. The maximum Gasteiger partial charge on any atom is 0.397 e. The summed E-state index contributed by atoms with van der Waals surface area (Å²) in [5.41, 5.74) is -1.07. The first-order valence-electron chi connectivity index (χ1n) is 11.5. The minimum absolute atomic E-state index is 0.286. The molecule has 7 aliphatic rings. The Morgan fingerprint density at radius 1 is 0.571 bits per heavy atom. The van der Waals surface area contributed by atoms with Gasteiger partial charge in [0.2, 0.25) is 0 Å². The van der Waals surface area contributed by atoms with Crippen LogP contribution in [0.4, 0.5) is 0 Å². The first-order valence-corrected chi connectivity index (χ1v) is 14.8. The Balaban J connectivity index is 1.05. The van der Waals surface area contributed by atoms with E-state index < -0.39 is 31.2 Å². The summed E-state index contributed by atoms with van der Waals surface area (Å²) in [7, 11) is -3.85. The van der Waals surface area contributed by atoms with Crippen LogP contribution in [0.2, 0.25) is 0 Å². The van der Waals surface area contributed by atoms with Gasteiger partial charge in [0.1, 0.15) is 5.75 Å². The van der Waals surface area contributed by atoms with Gasteiger partial charge in [-0.25, -0.2) is 0 Å². The zero-order valence-electron chi connectivity index (χ0n) is 19.2. The van der Waals surface area contributed by atoms with Crippen LogP contribution in [0.5, 0.6) is 5.75 Å². The van der Waals surface area contributed by atoms with Crippen molar-refractivity contribution in [3.63, 3.8) is 0 Å². The normalized spacial score (nSPS) is 40.6. The summed E-state index contributed by atoms with van der Waals surface area (Å²) in [6.45, 7) is 5.93. The van der Waals surface area contributed by atoms with Crippen LogP contribution in [-0.2, 0) is 45.7 Å². The summed E-state index contributed by atoms with van der Waals surface area (Å²) in [6, 6.07) is 9.51. The molecule has 7 fully saturated rings. The van der Waals surface area contributed by atoms with Gasteiger partial charge in [-0.1, -0.05) is 18.2 Å². The largest absolute Gasteiger partial charge is 0.427 e. The van der Waals surface area contributed by atoms with E-state index in [1.165, 1.54) is 0 Å². The molecule has 0 atom stereocenters. The van der Waals surface area contributed by atoms with Gasteiger partial charge in [0.25, 0.3) is 0 Å². The van der Waals surface area contributed by atoms with Crippen LogP contribution in [0.1, 0.15) is 0 Å². The van der Waals surface area contributed by atoms with Gasteiger partial charge in [0.15, 0.2) is 0 Å². The molecule has 1 aromatic rings. The molecule has 0 spiro atoms. The number of rotatable bonds is 10. The van der Waals surface area contributed by atoms with Gasteiger partial charge in [-0.2, -0.15) is 0 Å². The number of hydrogen-bond donors (Lipinski definition) is 0. The molecule has 14 heteroatoms. The molecule has 7 aliphatic heterocycles. The molecule has 8 rings (SSSR count). The Morgan fingerprint density at radius 3 is 1.49 bits per heavy atom. The van der Waals surface area contributed by atoms with E-state index in [0.717, 1.165) is 0 Å². The molecule has 194 valence electrons. The van der Waals surface area contributed by atoms with Crippen molar-refractivity contribution in [2.75, 3.05) is 79.3 Å². The van der Waals surface area contributed by atoms with Crippen LogP contribution in [0.25, 0.3) is 0 Å². The van der Waals surface area contributed by atoms with E-state index in [4.69, 9.17) is 50.2 Å². The third-order valence-electron chi connectivity index (χ3n) is 6.37. The summed E-state index contributed by atoms with van der Waals surface area (Å²) in [5, 5.41) is 0. The van der Waals surface area contributed by atoms with Gasteiger partial charge < -0.3 is 50.2 Å². The van der Waals surface area contributed by atoms with Gasteiger partial charge >= 0.3 is 25.8 Å². The highest BCUT2D eigenvalue weighted by Gasteiger charge is 2.48. The van der Waals surface area contributed by atoms with E-state index in [-0.39, 0.29) is 10.8 Å². The molecule has 4 bridgehead atoms. The highest BCUT2D eigenvalue weighted by Crippen LogP contribution is 2.54. The zero-order chi connectivity index (χ0) is 23.6. The molecule has 11 nitrogen and oxygen atoms in total. The Labute approximate surface area is 207 Å². The van der Waals surface area contributed by atoms with E-state index in [1.54, 1.807) is 0 Å². The Kier molecular flexibility index (Phi) is 7.89. The smallest absolute Gasteiger partial charge is 0.397 e. The van der Waals surface area contributed by atoms with Crippen molar-refractivity contribution in [1.82, 2.24) is 0 Å². The number of benzene rings is 1. The van der Waals surface area contributed by atoms with E-state index in [0.29, 0.717) is 85.0 Å². The lowest BCUT2D eigenvalue weighted by molar-refractivity contribution is -0.154. The van der Waals surface area contributed by atoms with Crippen molar-refractivity contribution in [2.45, 2.75) is 0 Å². The topological polar surface area (TPSA) is 102 Å². The van der Waals surface area contributed by atoms with Crippen LogP contribution in [0.3, 0.4) is 0 Å². The van der Waals surface area contributed by atoms with Crippen molar-refractivity contribution in [1.29, 1.82) is 0 Å². The molecule has 7 saturated heterocycles. The van der Waals surface area contributed by atoms with Crippen molar-refractivity contribution in [2.24, 2.45) is 16.2 Å². The fourth-order valence-electron chi connectivity index (χ4n) is 4.12. The van der Waals surface area contributed by atoms with E-state index in [1.807, 2.05) is 30.3 Å². The SMILES string of the molecule is c1ccc(OP2OCC(COCC34COP(OC3)OC4)(COCC34COP(OC3)OC4)CO2)cc1. The van der Waals surface area contributed by atoms with Gasteiger partial charge in [0, 0.05) is 0 Å². The van der Waals surface area contributed by atoms with E-state index >= 15 is 0 Å². The summed E-state index contributed by atoms with van der Waals surface area (Å²) in [6.07, 6.45) is 0.